The molecule has 0 spiro atoms. The number of benzene rings is 1. The highest BCUT2D eigenvalue weighted by Gasteiger charge is 2.15. The topological polar surface area (TPSA) is 69.4 Å². The van der Waals surface area contributed by atoms with Crippen LogP contribution in [0.5, 0.6) is 0 Å². The third-order valence-electron chi connectivity index (χ3n) is 1.97. The standard InChI is InChI=1S/C11H13NO3/c1-7-3-5-9(6-4-7)11(14)15-8(2)10(12)13/h3-6,8H,1-2H3,(H2,12,13). The molecule has 1 aromatic rings. The van der Waals surface area contributed by atoms with Crippen LogP contribution in [0.4, 0.5) is 0 Å². The highest BCUT2D eigenvalue weighted by Crippen LogP contribution is 2.06. The van der Waals surface area contributed by atoms with Gasteiger partial charge in [-0.2, -0.15) is 0 Å². The second-order valence-corrected chi connectivity index (χ2v) is 3.32. The molecule has 0 aliphatic rings. The summed E-state index contributed by atoms with van der Waals surface area (Å²) in [6.07, 6.45) is -0.904. The van der Waals surface area contributed by atoms with E-state index < -0.39 is 18.0 Å². The van der Waals surface area contributed by atoms with Crippen LogP contribution in [0.1, 0.15) is 22.8 Å². The fourth-order valence-electron chi connectivity index (χ4n) is 0.976. The van der Waals surface area contributed by atoms with Gasteiger partial charge in [-0.25, -0.2) is 4.79 Å². The Balaban J connectivity index is 2.69. The molecule has 1 rings (SSSR count). The number of nitrogens with two attached hydrogens (primary N) is 1. The van der Waals surface area contributed by atoms with E-state index in [9.17, 15) is 9.59 Å². The average molecular weight is 207 g/mol. The van der Waals surface area contributed by atoms with Crippen LogP contribution in [-0.4, -0.2) is 18.0 Å². The lowest BCUT2D eigenvalue weighted by atomic mass is 10.1. The fraction of sp³-hybridized carbons (Fsp3) is 0.273. The van der Waals surface area contributed by atoms with E-state index in [0.29, 0.717) is 5.56 Å². The van der Waals surface area contributed by atoms with Crippen LogP contribution >= 0.6 is 0 Å². The molecule has 0 saturated heterocycles. The molecule has 0 aromatic heterocycles. The molecule has 1 unspecified atom stereocenters. The van der Waals surface area contributed by atoms with Gasteiger partial charge in [0.25, 0.3) is 5.91 Å². The second-order valence-electron chi connectivity index (χ2n) is 3.32. The van der Waals surface area contributed by atoms with Crippen molar-refractivity contribution in [2.75, 3.05) is 0 Å². The quantitative estimate of drug-likeness (QED) is 0.752. The van der Waals surface area contributed by atoms with Gasteiger partial charge in [0.05, 0.1) is 5.56 Å². The van der Waals surface area contributed by atoms with Crippen molar-refractivity contribution >= 4 is 11.9 Å². The van der Waals surface area contributed by atoms with E-state index in [1.54, 1.807) is 24.3 Å². The first-order valence-electron chi connectivity index (χ1n) is 4.57. The summed E-state index contributed by atoms with van der Waals surface area (Å²) in [5, 5.41) is 0. The van der Waals surface area contributed by atoms with Crippen LogP contribution in [-0.2, 0) is 9.53 Å². The summed E-state index contributed by atoms with van der Waals surface area (Å²) in [5.41, 5.74) is 6.43. The number of hydrogen-bond acceptors (Lipinski definition) is 3. The molecular formula is C11H13NO3. The van der Waals surface area contributed by atoms with E-state index in [0.717, 1.165) is 5.56 Å². The van der Waals surface area contributed by atoms with Crippen molar-refractivity contribution in [1.82, 2.24) is 0 Å². The number of carbonyl (C=O) groups is 2. The Hall–Kier alpha value is -1.84. The minimum Gasteiger partial charge on any atom is -0.449 e. The molecule has 0 aliphatic heterocycles. The van der Waals surface area contributed by atoms with Crippen LogP contribution in [0.2, 0.25) is 0 Å². The molecule has 0 heterocycles. The molecule has 0 bridgehead atoms. The number of esters is 1. The molecule has 0 aliphatic carbocycles. The van der Waals surface area contributed by atoms with Gasteiger partial charge in [0.2, 0.25) is 0 Å². The highest BCUT2D eigenvalue weighted by atomic mass is 16.5. The average Bonchev–Trinajstić information content (AvgIpc) is 2.18. The van der Waals surface area contributed by atoms with Crippen LogP contribution in [0.3, 0.4) is 0 Å². The van der Waals surface area contributed by atoms with Gasteiger partial charge >= 0.3 is 5.97 Å². The summed E-state index contributed by atoms with van der Waals surface area (Å²) < 4.78 is 4.82. The first-order valence-corrected chi connectivity index (χ1v) is 4.57. The zero-order chi connectivity index (χ0) is 11.4. The first-order chi connectivity index (χ1) is 7.00. The molecule has 1 atom stereocenters. The van der Waals surface area contributed by atoms with Gasteiger partial charge in [0, 0.05) is 0 Å². The van der Waals surface area contributed by atoms with Crippen LogP contribution in [0, 0.1) is 6.92 Å². The molecular weight excluding hydrogens is 194 g/mol. The molecule has 0 fully saturated rings. The lowest BCUT2D eigenvalue weighted by Crippen LogP contribution is -2.30. The monoisotopic (exact) mass is 207 g/mol. The zero-order valence-electron chi connectivity index (χ0n) is 8.69. The molecule has 1 aromatic carbocycles. The van der Waals surface area contributed by atoms with Crippen molar-refractivity contribution in [3.05, 3.63) is 35.4 Å². The molecule has 4 heteroatoms. The number of rotatable bonds is 3. The summed E-state index contributed by atoms with van der Waals surface area (Å²) in [4.78, 5) is 22.1. The lowest BCUT2D eigenvalue weighted by molar-refractivity contribution is -0.125. The van der Waals surface area contributed by atoms with Gasteiger partial charge in [-0.15, -0.1) is 0 Å². The third-order valence-corrected chi connectivity index (χ3v) is 1.97. The maximum atomic E-state index is 11.4. The number of hydrogen-bond donors (Lipinski definition) is 1. The predicted octanol–water partition coefficient (Wildman–Crippen LogP) is 1.03. The maximum Gasteiger partial charge on any atom is 0.338 e. The summed E-state index contributed by atoms with van der Waals surface area (Å²) in [6, 6.07) is 6.88. The SMILES string of the molecule is Cc1ccc(C(=O)OC(C)C(N)=O)cc1. The van der Waals surface area contributed by atoms with Gasteiger partial charge in [-0.1, -0.05) is 17.7 Å². The Labute approximate surface area is 88.0 Å². The molecule has 0 radical (unpaired) electrons. The molecule has 15 heavy (non-hydrogen) atoms. The minimum atomic E-state index is -0.904. The Bertz CT molecular complexity index is 370. The number of amides is 1. The van der Waals surface area contributed by atoms with Gasteiger partial charge in [-0.05, 0) is 26.0 Å². The summed E-state index contributed by atoms with van der Waals surface area (Å²) in [7, 11) is 0. The van der Waals surface area contributed by atoms with Gasteiger partial charge < -0.3 is 10.5 Å². The minimum absolute atomic E-state index is 0.411. The van der Waals surface area contributed by atoms with E-state index in [1.165, 1.54) is 6.92 Å². The smallest absolute Gasteiger partial charge is 0.338 e. The maximum absolute atomic E-state index is 11.4. The number of aryl methyl sites for hydroxylation is 1. The number of carbonyl (C=O) groups excluding carboxylic acids is 2. The van der Waals surface area contributed by atoms with Crippen molar-refractivity contribution in [3.8, 4) is 0 Å². The molecule has 0 saturated carbocycles. The first kappa shape index (κ1) is 11.2. The lowest BCUT2D eigenvalue weighted by Gasteiger charge is -2.09. The molecule has 1 amide bonds. The third kappa shape index (κ3) is 3.09. The predicted molar refractivity (Wildman–Crippen MR) is 55.3 cm³/mol. The van der Waals surface area contributed by atoms with Crippen molar-refractivity contribution in [2.24, 2.45) is 5.73 Å². The molecule has 2 N–H and O–H groups in total. The van der Waals surface area contributed by atoms with E-state index in [4.69, 9.17) is 10.5 Å². The van der Waals surface area contributed by atoms with E-state index >= 15 is 0 Å². The Morgan fingerprint density at radius 3 is 2.27 bits per heavy atom. The highest BCUT2D eigenvalue weighted by molar-refractivity contribution is 5.91. The van der Waals surface area contributed by atoms with E-state index in [-0.39, 0.29) is 0 Å². The molecule has 80 valence electrons. The Morgan fingerprint density at radius 2 is 1.80 bits per heavy atom. The number of ether oxygens (including phenoxy) is 1. The van der Waals surface area contributed by atoms with E-state index in [2.05, 4.69) is 0 Å². The van der Waals surface area contributed by atoms with Gasteiger partial charge in [0.1, 0.15) is 0 Å². The second kappa shape index (κ2) is 4.59. The van der Waals surface area contributed by atoms with Crippen molar-refractivity contribution in [1.29, 1.82) is 0 Å². The largest absolute Gasteiger partial charge is 0.449 e. The van der Waals surface area contributed by atoms with E-state index in [1.807, 2.05) is 6.92 Å². The van der Waals surface area contributed by atoms with Gasteiger partial charge in [-0.3, -0.25) is 4.79 Å². The number of primary amides is 1. The van der Waals surface area contributed by atoms with Crippen molar-refractivity contribution < 1.29 is 14.3 Å². The fourth-order valence-corrected chi connectivity index (χ4v) is 0.976. The van der Waals surface area contributed by atoms with Crippen LogP contribution in [0.25, 0.3) is 0 Å². The van der Waals surface area contributed by atoms with Crippen molar-refractivity contribution in [3.63, 3.8) is 0 Å². The normalized spacial score (nSPS) is 11.9. The van der Waals surface area contributed by atoms with Crippen LogP contribution < -0.4 is 5.73 Å². The Morgan fingerprint density at radius 1 is 1.27 bits per heavy atom. The summed E-state index contributed by atoms with van der Waals surface area (Å²) in [6.45, 7) is 3.36. The molecule has 4 nitrogen and oxygen atoms in total. The van der Waals surface area contributed by atoms with Crippen LogP contribution in [0.15, 0.2) is 24.3 Å². The van der Waals surface area contributed by atoms with Gasteiger partial charge in [0.15, 0.2) is 6.10 Å². The summed E-state index contributed by atoms with van der Waals surface area (Å²) in [5.74, 6) is -1.20. The zero-order valence-corrected chi connectivity index (χ0v) is 8.69. The summed E-state index contributed by atoms with van der Waals surface area (Å²) >= 11 is 0. The Kier molecular flexibility index (Phi) is 3.44. The van der Waals surface area contributed by atoms with Crippen molar-refractivity contribution in [2.45, 2.75) is 20.0 Å².